The summed E-state index contributed by atoms with van der Waals surface area (Å²) < 4.78 is 45.8. The average Bonchev–Trinajstić information content (AvgIpc) is 2.90. The zero-order valence-electron chi connectivity index (χ0n) is 11.4. The van der Waals surface area contributed by atoms with Crippen molar-refractivity contribution < 1.29 is 27.1 Å². The Bertz CT molecular complexity index is 683. The van der Waals surface area contributed by atoms with Crippen molar-refractivity contribution >= 4 is 28.8 Å². The van der Waals surface area contributed by atoms with Gasteiger partial charge in [-0.15, -0.1) is 0 Å². The molecule has 0 spiro atoms. The number of oxazole rings is 1. The molecule has 0 saturated heterocycles. The Morgan fingerprint density at radius 3 is 2.95 bits per heavy atom. The highest BCUT2D eigenvalue weighted by molar-refractivity contribution is 7.99. The maximum absolute atomic E-state index is 12.0. The van der Waals surface area contributed by atoms with E-state index in [4.69, 9.17) is 4.42 Å². The Hall–Kier alpha value is -1.96. The van der Waals surface area contributed by atoms with Crippen LogP contribution in [-0.4, -0.2) is 30.0 Å². The monoisotopic (exact) mass is 331 g/mol. The van der Waals surface area contributed by atoms with Crippen molar-refractivity contribution in [3.63, 3.8) is 0 Å². The number of benzene rings is 1. The first-order valence-electron chi connectivity index (χ1n) is 6.38. The average molecular weight is 331 g/mol. The number of ether oxygens (including phenoxy) is 1. The lowest BCUT2D eigenvalue weighted by atomic mass is 10.2. The maximum atomic E-state index is 12.0. The highest BCUT2D eigenvalue weighted by atomic mass is 32.2. The number of aromatic nitrogens is 1. The summed E-state index contributed by atoms with van der Waals surface area (Å²) in [6.45, 7) is -1.04. The van der Waals surface area contributed by atoms with Crippen LogP contribution in [0.5, 0.6) is 0 Å². The quantitative estimate of drug-likeness (QED) is 0.432. The van der Waals surface area contributed by atoms with Gasteiger partial charge in [-0.25, -0.2) is 14.2 Å². The third kappa shape index (κ3) is 4.52. The summed E-state index contributed by atoms with van der Waals surface area (Å²) in [5.41, 5.74) is 1.16. The molecule has 0 aliphatic heterocycles. The Kier molecular flexibility index (Phi) is 5.88. The lowest BCUT2D eigenvalue weighted by Crippen LogP contribution is -2.07. The van der Waals surface area contributed by atoms with Crippen LogP contribution in [0, 0.1) is 0 Å². The number of alkyl halides is 1. The molecule has 0 radical (unpaired) electrons. The SMILES string of the molecule is O=C(OCCF)c1ccc2oc(SCCC=C(F)F)nc2c1. The second-order valence-electron chi connectivity index (χ2n) is 4.12. The molecule has 0 atom stereocenters. The Morgan fingerprint density at radius 2 is 2.23 bits per heavy atom. The molecule has 0 aliphatic carbocycles. The van der Waals surface area contributed by atoms with E-state index in [9.17, 15) is 18.0 Å². The Balaban J connectivity index is 2.04. The molecule has 0 fully saturated rings. The molecule has 0 unspecified atom stereocenters. The zero-order valence-corrected chi connectivity index (χ0v) is 12.2. The van der Waals surface area contributed by atoms with Crippen LogP contribution in [-0.2, 0) is 4.74 Å². The van der Waals surface area contributed by atoms with Gasteiger partial charge in [-0.2, -0.15) is 8.78 Å². The molecule has 0 aliphatic rings. The zero-order chi connectivity index (χ0) is 15.9. The van der Waals surface area contributed by atoms with Crippen LogP contribution in [0.15, 0.2) is 40.0 Å². The minimum absolute atomic E-state index is 0.201. The number of fused-ring (bicyclic) bond motifs is 1. The minimum atomic E-state index is -1.71. The fourth-order valence-corrected chi connectivity index (χ4v) is 2.35. The highest BCUT2D eigenvalue weighted by Gasteiger charge is 2.12. The molecule has 118 valence electrons. The summed E-state index contributed by atoms with van der Waals surface area (Å²) in [5.74, 6) is -0.240. The molecule has 8 heteroatoms. The fraction of sp³-hybridized carbons (Fsp3) is 0.286. The molecule has 0 bridgehead atoms. The maximum Gasteiger partial charge on any atom is 0.338 e. The predicted molar refractivity (Wildman–Crippen MR) is 75.9 cm³/mol. The van der Waals surface area contributed by atoms with Crippen LogP contribution in [0.1, 0.15) is 16.8 Å². The van der Waals surface area contributed by atoms with E-state index >= 15 is 0 Å². The number of carbonyl (C=O) groups excluding carboxylic acids is 1. The highest BCUT2D eigenvalue weighted by Crippen LogP contribution is 2.25. The van der Waals surface area contributed by atoms with Crippen LogP contribution < -0.4 is 0 Å². The van der Waals surface area contributed by atoms with Crippen molar-refractivity contribution in [2.75, 3.05) is 19.0 Å². The smallest absolute Gasteiger partial charge is 0.338 e. The lowest BCUT2D eigenvalue weighted by molar-refractivity contribution is 0.0481. The first-order chi connectivity index (χ1) is 10.6. The molecule has 2 rings (SSSR count). The van der Waals surface area contributed by atoms with Gasteiger partial charge in [0.2, 0.25) is 0 Å². The summed E-state index contributed by atoms with van der Waals surface area (Å²) in [4.78, 5) is 15.8. The first-order valence-corrected chi connectivity index (χ1v) is 7.36. The van der Waals surface area contributed by atoms with Gasteiger partial charge in [0.15, 0.2) is 5.58 Å². The minimum Gasteiger partial charge on any atom is -0.459 e. The molecular weight excluding hydrogens is 319 g/mol. The number of esters is 1. The second-order valence-corrected chi connectivity index (χ2v) is 5.16. The number of nitrogens with zero attached hydrogens (tertiary/aromatic N) is 1. The molecule has 1 aromatic heterocycles. The van der Waals surface area contributed by atoms with Crippen molar-refractivity contribution in [2.24, 2.45) is 0 Å². The van der Waals surface area contributed by atoms with E-state index in [1.54, 1.807) is 6.07 Å². The topological polar surface area (TPSA) is 52.3 Å². The molecular formula is C14H12F3NO3S. The first kappa shape index (κ1) is 16.4. The molecule has 1 aromatic carbocycles. The summed E-state index contributed by atoms with van der Waals surface area (Å²) in [6, 6.07) is 4.52. The van der Waals surface area contributed by atoms with Gasteiger partial charge in [0, 0.05) is 5.75 Å². The molecule has 0 amide bonds. The van der Waals surface area contributed by atoms with Crippen molar-refractivity contribution in [1.82, 2.24) is 4.98 Å². The molecule has 2 aromatic rings. The van der Waals surface area contributed by atoms with Gasteiger partial charge >= 0.3 is 5.97 Å². The van der Waals surface area contributed by atoms with E-state index < -0.39 is 18.7 Å². The second kappa shape index (κ2) is 7.88. The van der Waals surface area contributed by atoms with E-state index in [0.29, 0.717) is 22.1 Å². The number of rotatable bonds is 7. The Labute approximate surface area is 128 Å². The summed E-state index contributed by atoms with van der Waals surface area (Å²) in [5, 5.41) is 0.331. The van der Waals surface area contributed by atoms with Gasteiger partial charge < -0.3 is 9.15 Å². The standard InChI is InChI=1S/C14H12F3NO3S/c15-5-6-20-13(19)9-3-4-11-10(8-9)18-14(21-11)22-7-1-2-12(16)17/h2-4,8H,1,5-7H2. The van der Waals surface area contributed by atoms with Gasteiger partial charge in [-0.3, -0.25) is 0 Å². The molecule has 4 nitrogen and oxygen atoms in total. The predicted octanol–water partition coefficient (Wildman–Crippen LogP) is 4.22. The molecule has 1 heterocycles. The Morgan fingerprint density at radius 1 is 1.41 bits per heavy atom. The third-order valence-corrected chi connectivity index (χ3v) is 3.42. The van der Waals surface area contributed by atoms with E-state index in [2.05, 4.69) is 9.72 Å². The number of halogens is 3. The summed E-state index contributed by atoms with van der Waals surface area (Å²) in [7, 11) is 0. The number of hydrogen-bond acceptors (Lipinski definition) is 5. The van der Waals surface area contributed by atoms with Crippen LogP contribution in [0.4, 0.5) is 13.2 Å². The van der Waals surface area contributed by atoms with Crippen molar-refractivity contribution in [3.8, 4) is 0 Å². The number of allylic oxidation sites excluding steroid dienone is 1. The largest absolute Gasteiger partial charge is 0.459 e. The van der Waals surface area contributed by atoms with Crippen molar-refractivity contribution in [2.45, 2.75) is 11.6 Å². The fourth-order valence-electron chi connectivity index (χ4n) is 1.62. The van der Waals surface area contributed by atoms with Gasteiger partial charge in [-0.05, 0) is 30.7 Å². The number of carbonyl (C=O) groups is 1. The normalized spacial score (nSPS) is 10.7. The van der Waals surface area contributed by atoms with E-state index in [1.807, 2.05) is 0 Å². The van der Waals surface area contributed by atoms with Gasteiger partial charge in [0.05, 0.1) is 5.56 Å². The van der Waals surface area contributed by atoms with Crippen molar-refractivity contribution in [3.05, 3.63) is 35.9 Å². The molecule has 0 N–H and O–H groups in total. The van der Waals surface area contributed by atoms with Crippen LogP contribution in [0.2, 0.25) is 0 Å². The van der Waals surface area contributed by atoms with Gasteiger partial charge in [0.25, 0.3) is 11.3 Å². The lowest BCUT2D eigenvalue weighted by Gasteiger charge is -2.01. The van der Waals surface area contributed by atoms with E-state index in [0.717, 1.165) is 6.08 Å². The van der Waals surface area contributed by atoms with Gasteiger partial charge in [-0.1, -0.05) is 11.8 Å². The third-order valence-electron chi connectivity index (χ3n) is 2.56. The number of hydrogen-bond donors (Lipinski definition) is 0. The van der Waals surface area contributed by atoms with Gasteiger partial charge in [0.1, 0.15) is 18.8 Å². The van der Waals surface area contributed by atoms with E-state index in [1.165, 1.54) is 23.9 Å². The van der Waals surface area contributed by atoms with Crippen molar-refractivity contribution in [1.29, 1.82) is 0 Å². The molecule has 22 heavy (non-hydrogen) atoms. The van der Waals surface area contributed by atoms with Crippen LogP contribution >= 0.6 is 11.8 Å². The van der Waals surface area contributed by atoms with E-state index in [-0.39, 0.29) is 18.6 Å². The molecule has 0 saturated carbocycles. The summed E-state index contributed by atoms with van der Waals surface area (Å²) in [6.07, 6.45) is -0.684. The van der Waals surface area contributed by atoms with Crippen LogP contribution in [0.25, 0.3) is 11.1 Å². The number of thioether (sulfide) groups is 1. The van der Waals surface area contributed by atoms with Crippen LogP contribution in [0.3, 0.4) is 0 Å². The summed E-state index contributed by atoms with van der Waals surface area (Å²) >= 11 is 1.19.